The van der Waals surface area contributed by atoms with Crippen molar-refractivity contribution in [2.45, 2.75) is 31.8 Å². The number of fused-ring (bicyclic) bond motifs is 1. The van der Waals surface area contributed by atoms with Crippen LogP contribution in [0.4, 0.5) is 29.5 Å². The van der Waals surface area contributed by atoms with E-state index in [0.717, 1.165) is 25.0 Å². The van der Waals surface area contributed by atoms with E-state index >= 15 is 4.39 Å². The fourth-order valence-electron chi connectivity index (χ4n) is 5.01. The number of likely N-dealkylation sites (N-methyl/N-ethyl adjacent to an activating group) is 1. The van der Waals surface area contributed by atoms with Gasteiger partial charge in [0.25, 0.3) is 0 Å². The van der Waals surface area contributed by atoms with Gasteiger partial charge in [0, 0.05) is 47.7 Å². The van der Waals surface area contributed by atoms with E-state index in [4.69, 9.17) is 5.73 Å². The first kappa shape index (κ1) is 22.4. The van der Waals surface area contributed by atoms with Crippen LogP contribution in [0.3, 0.4) is 0 Å². The topological polar surface area (TPSA) is 80.3 Å². The highest BCUT2D eigenvalue weighted by Gasteiger charge is 2.38. The third-order valence-corrected chi connectivity index (χ3v) is 6.98. The van der Waals surface area contributed by atoms with Gasteiger partial charge < -0.3 is 15.2 Å². The molecule has 2 N–H and O–H groups in total. The van der Waals surface area contributed by atoms with Crippen LogP contribution in [0.1, 0.15) is 36.3 Å². The molecule has 7 nitrogen and oxygen atoms in total. The zero-order valence-electron chi connectivity index (χ0n) is 19.7. The van der Waals surface area contributed by atoms with Crippen LogP contribution in [0.2, 0.25) is 0 Å². The minimum Gasteiger partial charge on any atom is -0.383 e. The number of urea groups is 1. The monoisotopic (exact) mass is 492 g/mol. The minimum absolute atomic E-state index is 0.0950. The summed E-state index contributed by atoms with van der Waals surface area (Å²) in [4.78, 5) is 24.6. The van der Waals surface area contributed by atoms with E-state index in [9.17, 15) is 13.6 Å². The molecule has 1 unspecified atom stereocenters. The number of anilines is 2. The van der Waals surface area contributed by atoms with Gasteiger partial charge in [-0.2, -0.15) is 0 Å². The van der Waals surface area contributed by atoms with Gasteiger partial charge >= 0.3 is 6.03 Å². The molecule has 2 fully saturated rings. The summed E-state index contributed by atoms with van der Waals surface area (Å²) >= 11 is 0. The maximum absolute atomic E-state index is 15.6. The summed E-state index contributed by atoms with van der Waals surface area (Å²) < 4.78 is 45.4. The average molecular weight is 493 g/mol. The number of carbonyl (C=O) groups is 1. The zero-order chi connectivity index (χ0) is 25.3. The SMILES string of the molecule is Cc1nc(N)c2c(-c3ccc(N4CC(c5ccc(F)cc5F)N(C)C4=O)cc3F)cn(C3CC3)c2n1. The molecular weight excluding hydrogens is 469 g/mol. The van der Waals surface area contributed by atoms with E-state index in [2.05, 4.69) is 9.97 Å². The number of aromatic nitrogens is 3. The molecule has 0 spiro atoms. The lowest BCUT2D eigenvalue weighted by Crippen LogP contribution is -2.29. The van der Waals surface area contributed by atoms with Crippen molar-refractivity contribution < 1.29 is 18.0 Å². The molecule has 0 bridgehead atoms. The second kappa shape index (κ2) is 7.97. The van der Waals surface area contributed by atoms with Crippen LogP contribution < -0.4 is 10.6 Å². The van der Waals surface area contributed by atoms with Crippen molar-refractivity contribution in [2.24, 2.45) is 0 Å². The second-order valence-corrected chi connectivity index (χ2v) is 9.39. The number of rotatable bonds is 4. The van der Waals surface area contributed by atoms with Crippen molar-refractivity contribution in [3.63, 3.8) is 0 Å². The molecule has 10 heteroatoms. The van der Waals surface area contributed by atoms with Crippen LogP contribution in [0, 0.1) is 24.4 Å². The molecule has 2 aromatic carbocycles. The van der Waals surface area contributed by atoms with Crippen molar-refractivity contribution in [3.8, 4) is 11.1 Å². The summed E-state index contributed by atoms with van der Waals surface area (Å²) in [6.07, 6.45) is 3.91. The van der Waals surface area contributed by atoms with Crippen molar-refractivity contribution in [1.29, 1.82) is 0 Å². The molecule has 6 rings (SSSR count). The molecule has 1 aliphatic carbocycles. The van der Waals surface area contributed by atoms with Crippen molar-refractivity contribution in [3.05, 3.63) is 71.4 Å². The number of benzene rings is 2. The standard InChI is InChI=1S/C26H23F3N6O/c1-13-31-24(30)23-19(11-34(15-4-5-15)25(23)32-13)17-8-6-16(10-21(17)29)35-12-22(33(2)26(35)36)18-7-3-14(27)9-20(18)28/h3,6-11,15,22H,4-5,12H2,1-2H3,(H2,30,31,32). The number of hydrogen-bond donors (Lipinski definition) is 1. The lowest BCUT2D eigenvalue weighted by Gasteiger charge is -2.18. The van der Waals surface area contributed by atoms with Gasteiger partial charge in [0.05, 0.1) is 18.0 Å². The highest BCUT2D eigenvalue weighted by atomic mass is 19.1. The molecule has 1 saturated heterocycles. The third-order valence-electron chi connectivity index (χ3n) is 6.98. The molecule has 0 radical (unpaired) electrons. The lowest BCUT2D eigenvalue weighted by atomic mass is 10.0. The Bertz CT molecular complexity index is 1550. The van der Waals surface area contributed by atoms with Crippen molar-refractivity contribution in [2.75, 3.05) is 24.2 Å². The first-order chi connectivity index (χ1) is 17.2. The number of nitrogen functional groups attached to an aromatic ring is 1. The Hall–Kier alpha value is -4.08. The molecule has 2 aromatic heterocycles. The first-order valence-corrected chi connectivity index (χ1v) is 11.7. The summed E-state index contributed by atoms with van der Waals surface area (Å²) in [5.41, 5.74) is 8.37. The molecule has 1 atom stereocenters. The van der Waals surface area contributed by atoms with E-state index in [0.29, 0.717) is 39.7 Å². The molecule has 2 amide bonds. The predicted molar refractivity (Wildman–Crippen MR) is 130 cm³/mol. The number of aryl methyl sites for hydroxylation is 1. The summed E-state index contributed by atoms with van der Waals surface area (Å²) in [5, 5.41) is 0.600. The molecule has 36 heavy (non-hydrogen) atoms. The summed E-state index contributed by atoms with van der Waals surface area (Å²) in [6, 6.07) is 7.08. The van der Waals surface area contributed by atoms with E-state index < -0.39 is 29.5 Å². The number of amides is 2. The number of nitrogens with zero attached hydrogens (tertiary/aromatic N) is 5. The van der Waals surface area contributed by atoms with Crippen molar-refractivity contribution in [1.82, 2.24) is 19.4 Å². The van der Waals surface area contributed by atoms with Crippen LogP contribution in [-0.2, 0) is 0 Å². The molecule has 4 aromatic rings. The molecule has 1 saturated carbocycles. The Balaban J connectivity index is 1.37. The molecule has 3 heterocycles. The quantitative estimate of drug-likeness (QED) is 0.416. The van der Waals surface area contributed by atoms with E-state index in [1.807, 2.05) is 10.8 Å². The van der Waals surface area contributed by atoms with Gasteiger partial charge in [-0.1, -0.05) is 6.07 Å². The van der Waals surface area contributed by atoms with Crippen LogP contribution in [0.25, 0.3) is 22.2 Å². The highest BCUT2D eigenvalue weighted by molar-refractivity contribution is 6.01. The summed E-state index contributed by atoms with van der Waals surface area (Å²) in [5.74, 6) is -1.12. The Morgan fingerprint density at radius 3 is 2.47 bits per heavy atom. The van der Waals surface area contributed by atoms with Gasteiger partial charge in [0.2, 0.25) is 0 Å². The molecule has 1 aliphatic heterocycles. The maximum atomic E-state index is 15.6. The van der Waals surface area contributed by atoms with Gasteiger partial charge in [-0.25, -0.2) is 27.9 Å². The molecule has 2 aliphatic rings. The fourth-order valence-corrected chi connectivity index (χ4v) is 5.01. The molecule has 184 valence electrons. The van der Waals surface area contributed by atoms with E-state index in [1.165, 1.54) is 29.0 Å². The Morgan fingerprint density at radius 1 is 1.00 bits per heavy atom. The Kier molecular flexibility index (Phi) is 4.96. The van der Waals surface area contributed by atoms with Gasteiger partial charge in [-0.15, -0.1) is 0 Å². The number of carbonyl (C=O) groups excluding carboxylic acids is 1. The smallest absolute Gasteiger partial charge is 0.324 e. The van der Waals surface area contributed by atoms with Crippen LogP contribution in [0.5, 0.6) is 0 Å². The van der Waals surface area contributed by atoms with Gasteiger partial charge in [0.1, 0.15) is 34.7 Å². The third kappa shape index (κ3) is 3.47. The van der Waals surface area contributed by atoms with Gasteiger partial charge in [0.15, 0.2) is 0 Å². The van der Waals surface area contributed by atoms with E-state index in [1.54, 1.807) is 19.1 Å². The average Bonchev–Trinajstić information content (AvgIpc) is 3.54. The number of nitrogens with two attached hydrogens (primary N) is 1. The lowest BCUT2D eigenvalue weighted by molar-refractivity contribution is 0.218. The largest absolute Gasteiger partial charge is 0.383 e. The van der Waals surface area contributed by atoms with E-state index in [-0.39, 0.29) is 17.9 Å². The Morgan fingerprint density at radius 2 is 1.78 bits per heavy atom. The van der Waals surface area contributed by atoms with Gasteiger partial charge in [-0.3, -0.25) is 4.90 Å². The maximum Gasteiger partial charge on any atom is 0.324 e. The predicted octanol–water partition coefficient (Wildman–Crippen LogP) is 5.35. The number of hydrogen-bond acceptors (Lipinski definition) is 4. The summed E-state index contributed by atoms with van der Waals surface area (Å²) in [6.45, 7) is 1.86. The van der Waals surface area contributed by atoms with Crippen LogP contribution >= 0.6 is 0 Å². The summed E-state index contributed by atoms with van der Waals surface area (Å²) in [7, 11) is 1.54. The Labute approximate surface area is 205 Å². The van der Waals surface area contributed by atoms with Crippen LogP contribution in [0.15, 0.2) is 42.6 Å². The second-order valence-electron chi connectivity index (χ2n) is 9.39. The highest BCUT2D eigenvalue weighted by Crippen LogP contribution is 2.43. The first-order valence-electron chi connectivity index (χ1n) is 11.7. The van der Waals surface area contributed by atoms with Crippen molar-refractivity contribution >= 4 is 28.6 Å². The number of halogens is 3. The van der Waals surface area contributed by atoms with Crippen LogP contribution in [-0.4, -0.2) is 39.1 Å². The van der Waals surface area contributed by atoms with Gasteiger partial charge in [-0.05, 0) is 44.0 Å². The fraction of sp³-hybridized carbons (Fsp3) is 0.269. The zero-order valence-corrected chi connectivity index (χ0v) is 19.7. The minimum atomic E-state index is -0.731. The molecular formula is C26H23F3N6O. The normalized spacial score (nSPS) is 18.0.